The first kappa shape index (κ1) is 15.0. The van der Waals surface area contributed by atoms with E-state index in [-0.39, 0.29) is 11.2 Å². The van der Waals surface area contributed by atoms with Gasteiger partial charge in [0.2, 0.25) is 0 Å². The fraction of sp³-hybridized carbons (Fsp3) is 0.294. The van der Waals surface area contributed by atoms with Crippen molar-refractivity contribution in [3.05, 3.63) is 63.9 Å². The molecule has 0 aliphatic rings. The highest BCUT2D eigenvalue weighted by molar-refractivity contribution is 9.10. The molecular formula is C17H19BrFN. The predicted octanol–water partition coefficient (Wildman–Crippen LogP) is 5.50. The molecule has 2 rings (SSSR count). The van der Waals surface area contributed by atoms with E-state index in [1.54, 1.807) is 6.07 Å². The summed E-state index contributed by atoms with van der Waals surface area (Å²) in [6.07, 6.45) is 0. The lowest BCUT2D eigenvalue weighted by Crippen LogP contribution is -2.11. The first-order valence-electron chi connectivity index (χ1n) is 6.64. The van der Waals surface area contributed by atoms with E-state index < -0.39 is 0 Å². The third-order valence-corrected chi connectivity index (χ3v) is 3.92. The molecule has 0 unspecified atom stereocenters. The summed E-state index contributed by atoms with van der Waals surface area (Å²) in [6, 6.07) is 13.2. The van der Waals surface area contributed by atoms with Gasteiger partial charge in [-0.2, -0.15) is 0 Å². The summed E-state index contributed by atoms with van der Waals surface area (Å²) in [5.74, 6) is -0.237. The minimum Gasteiger partial charge on any atom is -0.380 e. The van der Waals surface area contributed by atoms with Gasteiger partial charge in [0.15, 0.2) is 0 Å². The van der Waals surface area contributed by atoms with Crippen LogP contribution in [0.15, 0.2) is 46.9 Å². The zero-order valence-electron chi connectivity index (χ0n) is 12.0. The van der Waals surface area contributed by atoms with Crippen molar-refractivity contribution in [1.82, 2.24) is 0 Å². The van der Waals surface area contributed by atoms with Crippen LogP contribution in [0.4, 0.5) is 10.1 Å². The van der Waals surface area contributed by atoms with Crippen LogP contribution >= 0.6 is 15.9 Å². The Kier molecular flexibility index (Phi) is 4.48. The van der Waals surface area contributed by atoms with Crippen LogP contribution in [-0.2, 0) is 12.0 Å². The van der Waals surface area contributed by atoms with E-state index >= 15 is 0 Å². The number of hydrogen-bond donors (Lipinski definition) is 1. The molecule has 0 aromatic heterocycles. The van der Waals surface area contributed by atoms with Gasteiger partial charge in [-0.3, -0.25) is 0 Å². The van der Waals surface area contributed by atoms with E-state index in [9.17, 15) is 4.39 Å². The van der Waals surface area contributed by atoms with Gasteiger partial charge in [-0.15, -0.1) is 0 Å². The lowest BCUT2D eigenvalue weighted by molar-refractivity contribution is 0.590. The van der Waals surface area contributed by atoms with E-state index in [0.29, 0.717) is 6.54 Å². The lowest BCUT2D eigenvalue weighted by Gasteiger charge is -2.19. The van der Waals surface area contributed by atoms with Crippen LogP contribution in [0.25, 0.3) is 0 Å². The maximum absolute atomic E-state index is 13.2. The van der Waals surface area contributed by atoms with Crippen LogP contribution in [0.5, 0.6) is 0 Å². The molecule has 106 valence electrons. The van der Waals surface area contributed by atoms with Crippen LogP contribution in [0, 0.1) is 5.82 Å². The van der Waals surface area contributed by atoms with Crippen molar-refractivity contribution in [2.75, 3.05) is 5.32 Å². The molecule has 3 heteroatoms. The molecule has 0 fully saturated rings. The van der Waals surface area contributed by atoms with Gasteiger partial charge < -0.3 is 5.32 Å². The van der Waals surface area contributed by atoms with E-state index in [4.69, 9.17) is 0 Å². The zero-order valence-corrected chi connectivity index (χ0v) is 13.6. The van der Waals surface area contributed by atoms with E-state index in [0.717, 1.165) is 10.2 Å². The van der Waals surface area contributed by atoms with E-state index in [2.05, 4.69) is 66.3 Å². The molecule has 1 nitrogen and oxygen atoms in total. The maximum Gasteiger partial charge on any atom is 0.125 e. The van der Waals surface area contributed by atoms with E-state index in [1.165, 1.54) is 23.3 Å². The average Bonchev–Trinajstić information content (AvgIpc) is 2.39. The molecule has 0 aliphatic carbocycles. The average molecular weight is 336 g/mol. The Balaban J connectivity index is 2.06. The molecule has 0 amide bonds. The minimum absolute atomic E-state index is 0.164. The van der Waals surface area contributed by atoms with Crippen molar-refractivity contribution in [3.63, 3.8) is 0 Å². The molecule has 0 atom stereocenters. The fourth-order valence-corrected chi connectivity index (χ4v) is 2.34. The molecule has 20 heavy (non-hydrogen) atoms. The number of rotatable bonds is 3. The predicted molar refractivity (Wildman–Crippen MR) is 86.6 cm³/mol. The van der Waals surface area contributed by atoms with Crippen LogP contribution < -0.4 is 5.32 Å². The Morgan fingerprint density at radius 1 is 1.05 bits per heavy atom. The monoisotopic (exact) mass is 335 g/mol. The molecule has 2 aromatic rings. The van der Waals surface area contributed by atoms with Gasteiger partial charge in [0.05, 0.1) is 5.69 Å². The summed E-state index contributed by atoms with van der Waals surface area (Å²) in [7, 11) is 0. The molecule has 0 bridgehead atoms. The van der Waals surface area contributed by atoms with Gasteiger partial charge in [0.1, 0.15) is 5.82 Å². The largest absolute Gasteiger partial charge is 0.380 e. The molecule has 0 heterocycles. The summed E-state index contributed by atoms with van der Waals surface area (Å²) >= 11 is 3.41. The Hall–Kier alpha value is -1.35. The molecule has 0 radical (unpaired) electrons. The fourth-order valence-electron chi connectivity index (χ4n) is 1.95. The zero-order chi connectivity index (χ0) is 14.8. The summed E-state index contributed by atoms with van der Waals surface area (Å²) in [5, 5.41) is 3.24. The quantitative estimate of drug-likeness (QED) is 0.781. The highest BCUT2D eigenvalue weighted by Crippen LogP contribution is 2.25. The number of nitrogens with one attached hydrogen (secondary N) is 1. The maximum atomic E-state index is 13.2. The first-order chi connectivity index (χ1) is 9.36. The van der Waals surface area contributed by atoms with Crippen molar-refractivity contribution >= 4 is 21.6 Å². The van der Waals surface area contributed by atoms with Crippen molar-refractivity contribution in [2.24, 2.45) is 0 Å². The first-order valence-corrected chi connectivity index (χ1v) is 7.44. The second kappa shape index (κ2) is 5.96. The highest BCUT2D eigenvalue weighted by Gasteiger charge is 2.12. The standard InChI is InChI=1S/C17H19BrFN/c1-17(2,3)13-6-4-12(5-7-13)11-20-16-10-14(19)8-9-15(16)18/h4-10,20H,11H2,1-3H3. The van der Waals surface area contributed by atoms with E-state index in [1.807, 2.05) is 0 Å². The Morgan fingerprint density at radius 3 is 2.30 bits per heavy atom. The topological polar surface area (TPSA) is 12.0 Å². The third kappa shape index (κ3) is 3.83. The van der Waals surface area contributed by atoms with Gasteiger partial charge in [-0.05, 0) is 50.7 Å². The summed E-state index contributed by atoms with van der Waals surface area (Å²) in [6.45, 7) is 7.27. The van der Waals surface area contributed by atoms with Crippen LogP contribution in [-0.4, -0.2) is 0 Å². The number of halogens is 2. The summed E-state index contributed by atoms with van der Waals surface area (Å²) in [5.41, 5.74) is 3.42. The normalized spacial score (nSPS) is 11.4. The van der Waals surface area contributed by atoms with Crippen LogP contribution in [0.3, 0.4) is 0 Å². The molecular weight excluding hydrogens is 317 g/mol. The lowest BCUT2D eigenvalue weighted by atomic mass is 9.87. The summed E-state index contributed by atoms with van der Waals surface area (Å²) < 4.78 is 14.1. The number of anilines is 1. The van der Waals surface area contributed by atoms with Crippen molar-refractivity contribution < 1.29 is 4.39 Å². The second-order valence-electron chi connectivity index (χ2n) is 5.92. The second-order valence-corrected chi connectivity index (χ2v) is 6.78. The molecule has 0 aliphatic heterocycles. The Morgan fingerprint density at radius 2 is 1.70 bits per heavy atom. The van der Waals surface area contributed by atoms with Crippen LogP contribution in [0.1, 0.15) is 31.9 Å². The Bertz CT molecular complexity index is 585. The smallest absolute Gasteiger partial charge is 0.125 e. The molecule has 0 saturated carbocycles. The van der Waals surface area contributed by atoms with Gasteiger partial charge in [-0.25, -0.2) is 4.39 Å². The van der Waals surface area contributed by atoms with Crippen molar-refractivity contribution in [2.45, 2.75) is 32.7 Å². The SMILES string of the molecule is CC(C)(C)c1ccc(CNc2cc(F)ccc2Br)cc1. The van der Waals surface area contributed by atoms with Gasteiger partial charge in [-0.1, -0.05) is 45.0 Å². The number of hydrogen-bond acceptors (Lipinski definition) is 1. The van der Waals surface area contributed by atoms with Gasteiger partial charge in [0.25, 0.3) is 0 Å². The highest BCUT2D eigenvalue weighted by atomic mass is 79.9. The molecule has 0 spiro atoms. The van der Waals surface area contributed by atoms with Gasteiger partial charge >= 0.3 is 0 Å². The Labute approximate surface area is 128 Å². The van der Waals surface area contributed by atoms with Crippen molar-refractivity contribution in [1.29, 1.82) is 0 Å². The van der Waals surface area contributed by atoms with Crippen molar-refractivity contribution in [3.8, 4) is 0 Å². The third-order valence-electron chi connectivity index (χ3n) is 3.23. The number of benzene rings is 2. The minimum atomic E-state index is -0.237. The van der Waals surface area contributed by atoms with Gasteiger partial charge in [0, 0.05) is 11.0 Å². The molecule has 1 N–H and O–H groups in total. The molecule has 2 aromatic carbocycles. The van der Waals surface area contributed by atoms with Crippen LogP contribution in [0.2, 0.25) is 0 Å². The summed E-state index contributed by atoms with van der Waals surface area (Å²) in [4.78, 5) is 0. The molecule has 0 saturated heterocycles.